The molecule has 2 N–H and O–H groups in total. The minimum Gasteiger partial charge on any atom is -0.508 e. The van der Waals surface area contributed by atoms with Crippen LogP contribution in [0.25, 0.3) is 21.5 Å². The van der Waals surface area contributed by atoms with Crippen LogP contribution in [0.4, 0.5) is 0 Å². The molecule has 0 spiro atoms. The fraction of sp³-hybridized carbons (Fsp3) is 0.0303. The van der Waals surface area contributed by atoms with E-state index in [1.807, 2.05) is 36.0 Å². The zero-order chi connectivity index (χ0) is 24.3. The second-order valence-electron chi connectivity index (χ2n) is 9.34. The molecule has 0 aromatic heterocycles. The van der Waals surface area contributed by atoms with E-state index in [9.17, 15) is 10.2 Å². The van der Waals surface area contributed by atoms with Gasteiger partial charge >= 0.3 is 0 Å². The maximum absolute atomic E-state index is 10.0. The second kappa shape index (κ2) is 7.91. The van der Waals surface area contributed by atoms with Crippen LogP contribution in [-0.2, 0) is 5.41 Å². The van der Waals surface area contributed by atoms with Crippen molar-refractivity contribution in [2.24, 2.45) is 0 Å². The van der Waals surface area contributed by atoms with Crippen LogP contribution >= 0.6 is 11.8 Å². The van der Waals surface area contributed by atoms with Gasteiger partial charge in [-0.05, 0) is 92.3 Å². The second-order valence-corrected chi connectivity index (χ2v) is 10.4. The van der Waals surface area contributed by atoms with Crippen LogP contribution in [0.1, 0.15) is 22.3 Å². The number of benzene rings is 6. The van der Waals surface area contributed by atoms with Crippen LogP contribution in [0.15, 0.2) is 131 Å². The van der Waals surface area contributed by atoms with Gasteiger partial charge in [0, 0.05) is 9.79 Å². The molecule has 3 heteroatoms. The summed E-state index contributed by atoms with van der Waals surface area (Å²) in [4.78, 5) is 2.49. The number of phenolic OH excluding ortho intramolecular Hbond substituents is 2. The van der Waals surface area contributed by atoms with Gasteiger partial charge in [-0.1, -0.05) is 84.6 Å². The highest BCUT2D eigenvalue weighted by Gasteiger charge is 2.44. The molecule has 0 unspecified atom stereocenters. The summed E-state index contributed by atoms with van der Waals surface area (Å²) in [5, 5.41) is 24.3. The Morgan fingerprint density at radius 3 is 1.36 bits per heavy atom. The Balaban J connectivity index is 1.63. The van der Waals surface area contributed by atoms with E-state index in [1.165, 1.54) is 32.0 Å². The van der Waals surface area contributed by atoms with Crippen LogP contribution < -0.4 is 0 Å². The average Bonchev–Trinajstić information content (AvgIpc) is 2.91. The normalized spacial score (nSPS) is 13.9. The predicted octanol–water partition coefficient (Wildman–Crippen LogP) is 8.25. The van der Waals surface area contributed by atoms with E-state index < -0.39 is 5.41 Å². The fourth-order valence-corrected chi connectivity index (χ4v) is 6.91. The summed E-state index contributed by atoms with van der Waals surface area (Å²) in [6.07, 6.45) is 0. The fourth-order valence-electron chi connectivity index (χ4n) is 5.72. The van der Waals surface area contributed by atoms with Gasteiger partial charge < -0.3 is 10.2 Å². The van der Waals surface area contributed by atoms with E-state index in [0.29, 0.717) is 0 Å². The van der Waals surface area contributed by atoms with Crippen LogP contribution in [0, 0.1) is 0 Å². The van der Waals surface area contributed by atoms with E-state index in [-0.39, 0.29) is 11.5 Å². The largest absolute Gasteiger partial charge is 0.508 e. The zero-order valence-corrected chi connectivity index (χ0v) is 20.2. The Morgan fingerprint density at radius 2 is 0.861 bits per heavy atom. The lowest BCUT2D eigenvalue weighted by Gasteiger charge is -2.42. The lowest BCUT2D eigenvalue weighted by atomic mass is 9.64. The monoisotopic (exact) mass is 482 g/mol. The van der Waals surface area contributed by atoms with Gasteiger partial charge in [-0.25, -0.2) is 0 Å². The molecular weight excluding hydrogens is 460 g/mol. The van der Waals surface area contributed by atoms with Crippen molar-refractivity contribution in [3.63, 3.8) is 0 Å². The minimum absolute atomic E-state index is 0.271. The first-order valence-electron chi connectivity index (χ1n) is 12.0. The Hall–Kier alpha value is -4.21. The predicted molar refractivity (Wildman–Crippen MR) is 147 cm³/mol. The summed E-state index contributed by atoms with van der Waals surface area (Å²) in [6.45, 7) is 0. The molecule has 6 aromatic rings. The summed E-state index contributed by atoms with van der Waals surface area (Å²) < 4.78 is 0. The molecule has 1 heterocycles. The number of fused-ring (bicyclic) bond motifs is 4. The van der Waals surface area contributed by atoms with Gasteiger partial charge in [0.2, 0.25) is 0 Å². The lowest BCUT2D eigenvalue weighted by molar-refractivity contribution is 0.475. The van der Waals surface area contributed by atoms with E-state index >= 15 is 0 Å². The SMILES string of the molecule is Oc1ccc2cc(C3(c4ccc5cc(O)ccc5c4)c4ccccc4Sc4ccccc43)ccc2c1. The molecule has 6 aromatic carbocycles. The minimum atomic E-state index is -0.531. The molecular formula is C33H22O2S. The van der Waals surface area contributed by atoms with Crippen molar-refractivity contribution in [2.45, 2.75) is 15.2 Å². The summed E-state index contributed by atoms with van der Waals surface area (Å²) in [6, 6.07) is 41.6. The van der Waals surface area contributed by atoms with Crippen molar-refractivity contribution in [2.75, 3.05) is 0 Å². The zero-order valence-electron chi connectivity index (χ0n) is 19.3. The quantitative estimate of drug-likeness (QED) is 0.261. The van der Waals surface area contributed by atoms with Gasteiger partial charge in [0.05, 0.1) is 5.41 Å². The Labute approximate surface area is 213 Å². The maximum Gasteiger partial charge on any atom is 0.116 e. The number of hydrogen-bond acceptors (Lipinski definition) is 3. The van der Waals surface area contributed by atoms with Gasteiger partial charge in [0.15, 0.2) is 0 Å². The third kappa shape index (κ3) is 3.06. The first kappa shape index (κ1) is 21.1. The number of rotatable bonds is 2. The van der Waals surface area contributed by atoms with Gasteiger partial charge in [-0.3, -0.25) is 0 Å². The molecule has 0 amide bonds. The highest BCUT2D eigenvalue weighted by molar-refractivity contribution is 7.99. The molecule has 1 aliphatic heterocycles. The van der Waals surface area contributed by atoms with E-state index in [2.05, 4.69) is 84.9 Å². The molecule has 0 atom stereocenters. The van der Waals surface area contributed by atoms with Gasteiger partial charge in [0.1, 0.15) is 11.5 Å². The molecule has 0 saturated carbocycles. The molecule has 0 bridgehead atoms. The number of hydrogen-bond donors (Lipinski definition) is 2. The van der Waals surface area contributed by atoms with Gasteiger partial charge in [-0.15, -0.1) is 0 Å². The Bertz CT molecular complexity index is 1670. The number of aromatic hydroxyl groups is 2. The summed E-state index contributed by atoms with van der Waals surface area (Å²) in [7, 11) is 0. The van der Waals surface area contributed by atoms with Crippen molar-refractivity contribution in [3.8, 4) is 11.5 Å². The van der Waals surface area contributed by atoms with Crippen molar-refractivity contribution in [3.05, 3.63) is 144 Å². The molecule has 172 valence electrons. The third-order valence-corrected chi connectivity index (χ3v) is 8.47. The van der Waals surface area contributed by atoms with Crippen molar-refractivity contribution < 1.29 is 10.2 Å². The van der Waals surface area contributed by atoms with Crippen molar-refractivity contribution in [1.29, 1.82) is 0 Å². The summed E-state index contributed by atoms with van der Waals surface area (Å²) in [5.74, 6) is 0.542. The van der Waals surface area contributed by atoms with Gasteiger partial charge in [0.25, 0.3) is 0 Å². The highest BCUT2D eigenvalue weighted by Crippen LogP contribution is 2.56. The third-order valence-electron chi connectivity index (χ3n) is 7.32. The molecule has 0 saturated heterocycles. The molecule has 36 heavy (non-hydrogen) atoms. The highest BCUT2D eigenvalue weighted by atomic mass is 32.2. The van der Waals surface area contributed by atoms with Crippen LogP contribution in [0.3, 0.4) is 0 Å². The molecule has 0 fully saturated rings. The topological polar surface area (TPSA) is 40.5 Å². The first-order chi connectivity index (χ1) is 17.6. The van der Waals surface area contributed by atoms with E-state index in [0.717, 1.165) is 21.5 Å². The van der Waals surface area contributed by atoms with Crippen LogP contribution in [-0.4, -0.2) is 10.2 Å². The van der Waals surface area contributed by atoms with Crippen molar-refractivity contribution in [1.82, 2.24) is 0 Å². The first-order valence-corrected chi connectivity index (χ1v) is 12.8. The smallest absolute Gasteiger partial charge is 0.116 e. The van der Waals surface area contributed by atoms with Crippen molar-refractivity contribution >= 4 is 33.3 Å². The maximum atomic E-state index is 10.0. The standard InChI is InChI=1S/C33H22O2S/c34-27-15-11-21-17-25(13-9-23(21)19-27)33(26-14-10-24-20-28(35)16-12-22(24)18-26)29-5-1-3-7-31(29)36-32-8-4-2-6-30(32)33/h1-20,34-35H. The average molecular weight is 483 g/mol. The molecule has 1 aliphatic rings. The molecule has 2 nitrogen and oxygen atoms in total. The van der Waals surface area contributed by atoms with E-state index in [1.54, 1.807) is 12.1 Å². The van der Waals surface area contributed by atoms with Crippen LogP contribution in [0.2, 0.25) is 0 Å². The summed E-state index contributed by atoms with van der Waals surface area (Å²) >= 11 is 1.82. The molecule has 0 radical (unpaired) electrons. The Kier molecular flexibility index (Phi) is 4.63. The summed E-state index contributed by atoms with van der Waals surface area (Å²) in [5.41, 5.74) is 4.34. The Morgan fingerprint density at radius 1 is 0.444 bits per heavy atom. The van der Waals surface area contributed by atoms with E-state index in [4.69, 9.17) is 0 Å². The molecule has 0 aliphatic carbocycles. The lowest BCUT2D eigenvalue weighted by Crippen LogP contribution is -2.34. The van der Waals surface area contributed by atoms with Crippen LogP contribution in [0.5, 0.6) is 11.5 Å². The molecule has 7 rings (SSSR count). The van der Waals surface area contributed by atoms with Gasteiger partial charge in [-0.2, -0.15) is 0 Å². The number of phenols is 2.